The van der Waals surface area contributed by atoms with E-state index in [1.54, 1.807) is 25.1 Å². The van der Waals surface area contributed by atoms with Gasteiger partial charge in [-0.2, -0.15) is 0 Å². The van der Waals surface area contributed by atoms with Gasteiger partial charge in [-0.3, -0.25) is 4.72 Å². The quantitative estimate of drug-likeness (QED) is 0.553. The van der Waals surface area contributed by atoms with E-state index in [-0.39, 0.29) is 26.4 Å². The number of anilines is 1. The highest BCUT2D eigenvalue weighted by Gasteiger charge is 2.22. The van der Waals surface area contributed by atoms with Crippen molar-refractivity contribution in [1.82, 2.24) is 4.98 Å². The largest absolute Gasteiger partial charge is 0.497 e. The normalized spacial score (nSPS) is 12.1. The van der Waals surface area contributed by atoms with Crippen LogP contribution >= 0.6 is 11.3 Å². The molecule has 0 atom stereocenters. The van der Waals surface area contributed by atoms with Gasteiger partial charge in [0.05, 0.1) is 35.9 Å². The van der Waals surface area contributed by atoms with Gasteiger partial charge in [0, 0.05) is 6.07 Å². The van der Waals surface area contributed by atoms with Crippen molar-refractivity contribution in [3.05, 3.63) is 36.4 Å². The lowest BCUT2D eigenvalue weighted by atomic mass is 10.3. The van der Waals surface area contributed by atoms with Crippen molar-refractivity contribution in [2.75, 3.05) is 24.7 Å². The van der Waals surface area contributed by atoms with E-state index in [1.807, 2.05) is 0 Å². The average molecular weight is 457 g/mol. The van der Waals surface area contributed by atoms with Crippen LogP contribution in [0.2, 0.25) is 0 Å². The fourth-order valence-electron chi connectivity index (χ4n) is 2.66. The van der Waals surface area contributed by atoms with Crippen LogP contribution < -0.4 is 14.2 Å². The van der Waals surface area contributed by atoms with E-state index in [0.717, 1.165) is 11.3 Å². The molecule has 1 aromatic heterocycles. The first-order valence-corrected chi connectivity index (χ1v) is 12.5. The molecule has 8 nitrogen and oxygen atoms in total. The Morgan fingerprint density at radius 1 is 1.03 bits per heavy atom. The highest BCUT2D eigenvalue weighted by molar-refractivity contribution is 7.93. The number of nitrogens with zero attached hydrogens (tertiary/aromatic N) is 1. The number of ether oxygens (including phenoxy) is 2. The second-order valence-electron chi connectivity index (χ2n) is 6.10. The van der Waals surface area contributed by atoms with Gasteiger partial charge in [0.1, 0.15) is 16.4 Å². The first-order valence-electron chi connectivity index (χ1n) is 8.58. The summed E-state index contributed by atoms with van der Waals surface area (Å²) in [5, 5.41) is 0. The summed E-state index contributed by atoms with van der Waals surface area (Å²) < 4.78 is 63.6. The number of benzene rings is 2. The molecule has 0 aliphatic rings. The summed E-state index contributed by atoms with van der Waals surface area (Å²) in [6.45, 7) is 1.78. The predicted molar refractivity (Wildman–Crippen MR) is 112 cm³/mol. The Kier molecular flexibility index (Phi) is 6.01. The number of aromatic nitrogens is 1. The zero-order chi connectivity index (χ0) is 21.2. The molecule has 0 spiro atoms. The molecule has 0 unspecified atom stereocenters. The lowest BCUT2D eigenvalue weighted by Gasteiger charge is -2.12. The van der Waals surface area contributed by atoms with Crippen molar-refractivity contribution in [2.45, 2.75) is 22.6 Å². The summed E-state index contributed by atoms with van der Waals surface area (Å²) in [6.07, 6.45) is 0.492. The lowest BCUT2D eigenvalue weighted by Crippen LogP contribution is -2.14. The summed E-state index contributed by atoms with van der Waals surface area (Å²) in [7, 11) is -4.60. The Hall–Kier alpha value is -2.37. The summed E-state index contributed by atoms with van der Waals surface area (Å²) in [5.41, 5.74) is 0.775. The zero-order valence-electron chi connectivity index (χ0n) is 16.0. The average Bonchev–Trinajstić information content (AvgIpc) is 3.11. The molecule has 0 radical (unpaired) electrons. The van der Waals surface area contributed by atoms with Crippen molar-refractivity contribution < 1.29 is 26.3 Å². The van der Waals surface area contributed by atoms with Gasteiger partial charge >= 0.3 is 0 Å². The number of hydrogen-bond acceptors (Lipinski definition) is 8. The third-order valence-electron chi connectivity index (χ3n) is 4.02. The molecule has 0 aliphatic heterocycles. The maximum Gasteiger partial charge on any atom is 0.265 e. The van der Waals surface area contributed by atoms with Gasteiger partial charge in [0.15, 0.2) is 0 Å². The molecule has 0 aliphatic carbocycles. The molecule has 0 bridgehead atoms. The van der Waals surface area contributed by atoms with E-state index in [9.17, 15) is 16.8 Å². The van der Waals surface area contributed by atoms with Crippen molar-refractivity contribution in [3.8, 4) is 11.5 Å². The standard InChI is InChI=1S/C18H20N2O6S3/c1-4-9-28(21,22)18-19-14-7-5-12(10-16(14)27-18)20-29(23,24)17-11-13(25-2)6-8-15(17)26-3/h5-8,10-11,20H,4,9H2,1-3H3. The van der Waals surface area contributed by atoms with Crippen LogP contribution in [0.5, 0.6) is 11.5 Å². The van der Waals surface area contributed by atoms with Gasteiger partial charge in [-0.1, -0.05) is 6.92 Å². The second kappa shape index (κ2) is 8.17. The Bertz CT molecular complexity index is 1250. The highest BCUT2D eigenvalue weighted by atomic mass is 32.2. The maximum absolute atomic E-state index is 12.9. The van der Waals surface area contributed by atoms with Crippen LogP contribution in [0.25, 0.3) is 10.2 Å². The minimum absolute atomic E-state index is 0.0158. The molecule has 0 saturated heterocycles. The van der Waals surface area contributed by atoms with Crippen molar-refractivity contribution in [2.24, 2.45) is 0 Å². The van der Waals surface area contributed by atoms with Gasteiger partial charge in [-0.15, -0.1) is 11.3 Å². The molecule has 0 fully saturated rings. The Morgan fingerprint density at radius 2 is 1.79 bits per heavy atom. The van der Waals surface area contributed by atoms with E-state index in [0.29, 0.717) is 22.4 Å². The fraction of sp³-hybridized carbons (Fsp3) is 0.278. The monoisotopic (exact) mass is 456 g/mol. The third kappa shape index (κ3) is 4.46. The first kappa shape index (κ1) is 21.3. The van der Waals surface area contributed by atoms with Crippen LogP contribution in [0, 0.1) is 0 Å². The summed E-state index contributed by atoms with van der Waals surface area (Å²) in [4.78, 5) is 4.09. The van der Waals surface area contributed by atoms with Gasteiger partial charge in [-0.25, -0.2) is 21.8 Å². The summed E-state index contributed by atoms with van der Waals surface area (Å²) in [6, 6.07) is 9.13. The van der Waals surface area contributed by atoms with Crippen molar-refractivity contribution in [3.63, 3.8) is 0 Å². The number of sulfone groups is 1. The van der Waals surface area contributed by atoms with Crippen LogP contribution in [0.4, 0.5) is 5.69 Å². The predicted octanol–water partition coefficient (Wildman–Crippen LogP) is 3.30. The topological polar surface area (TPSA) is 112 Å². The first-order chi connectivity index (χ1) is 13.7. The van der Waals surface area contributed by atoms with Gasteiger partial charge in [0.2, 0.25) is 14.2 Å². The molecular formula is C18H20N2O6S3. The molecule has 3 rings (SSSR count). The van der Waals surface area contributed by atoms with Crippen LogP contribution in [-0.4, -0.2) is 41.8 Å². The molecule has 1 heterocycles. The number of nitrogens with one attached hydrogen (secondary N) is 1. The van der Waals surface area contributed by atoms with Crippen LogP contribution in [-0.2, 0) is 19.9 Å². The summed E-state index contributed by atoms with van der Waals surface area (Å²) in [5.74, 6) is 0.557. The van der Waals surface area contributed by atoms with Crippen molar-refractivity contribution >= 4 is 47.1 Å². The summed E-state index contributed by atoms with van der Waals surface area (Å²) >= 11 is 1.02. The molecular weight excluding hydrogens is 436 g/mol. The molecule has 11 heteroatoms. The number of methoxy groups -OCH3 is 2. The highest BCUT2D eigenvalue weighted by Crippen LogP contribution is 2.32. The Balaban J connectivity index is 1.98. The van der Waals surface area contributed by atoms with Crippen LogP contribution in [0.3, 0.4) is 0 Å². The molecule has 0 amide bonds. The van der Waals surface area contributed by atoms with E-state index >= 15 is 0 Å². The zero-order valence-corrected chi connectivity index (χ0v) is 18.4. The van der Waals surface area contributed by atoms with Crippen LogP contribution in [0.15, 0.2) is 45.6 Å². The van der Waals surface area contributed by atoms with Gasteiger partial charge in [-0.05, 0) is 36.8 Å². The van der Waals surface area contributed by atoms with Crippen molar-refractivity contribution in [1.29, 1.82) is 0 Å². The number of rotatable bonds is 8. The maximum atomic E-state index is 12.9. The molecule has 0 saturated carbocycles. The third-order valence-corrected chi connectivity index (χ3v) is 8.82. The number of fused-ring (bicyclic) bond motifs is 1. The number of hydrogen-bond donors (Lipinski definition) is 1. The molecule has 1 N–H and O–H groups in total. The Morgan fingerprint density at radius 3 is 2.45 bits per heavy atom. The van der Waals surface area contributed by atoms with Gasteiger partial charge < -0.3 is 9.47 Å². The lowest BCUT2D eigenvalue weighted by molar-refractivity contribution is 0.392. The van der Waals surface area contributed by atoms with Gasteiger partial charge in [0.25, 0.3) is 10.0 Å². The molecule has 29 heavy (non-hydrogen) atoms. The SMILES string of the molecule is CCCS(=O)(=O)c1nc2ccc(NS(=O)(=O)c3cc(OC)ccc3OC)cc2s1. The minimum Gasteiger partial charge on any atom is -0.497 e. The van der Waals surface area contributed by atoms with E-state index in [4.69, 9.17) is 9.47 Å². The minimum atomic E-state index is -3.98. The molecule has 2 aromatic carbocycles. The Labute approximate surface area is 173 Å². The van der Waals surface area contributed by atoms with E-state index < -0.39 is 19.9 Å². The molecule has 156 valence electrons. The van der Waals surface area contributed by atoms with Crippen LogP contribution in [0.1, 0.15) is 13.3 Å². The smallest absolute Gasteiger partial charge is 0.265 e. The fourth-order valence-corrected chi connectivity index (χ4v) is 6.61. The second-order valence-corrected chi connectivity index (χ2v) is 11.1. The molecule has 3 aromatic rings. The van der Waals surface area contributed by atoms with E-state index in [2.05, 4.69) is 9.71 Å². The number of sulfonamides is 1. The number of thiazole rings is 1. The van der Waals surface area contributed by atoms with E-state index in [1.165, 1.54) is 32.4 Å².